The lowest BCUT2D eigenvalue weighted by Gasteiger charge is -2.23. The molecule has 0 atom stereocenters. The molecule has 0 aliphatic rings. The molecule has 0 unspecified atom stereocenters. The van der Waals surface area contributed by atoms with E-state index in [0.29, 0.717) is 13.1 Å². The Hall–Kier alpha value is -2.07. The Morgan fingerprint density at radius 2 is 1.78 bits per heavy atom. The largest absolute Gasteiger partial charge is 0.469 e. The molecule has 1 aromatic rings. The quantitative estimate of drug-likeness (QED) is 0.599. The van der Waals surface area contributed by atoms with Crippen molar-refractivity contribution >= 4 is 27.4 Å². The number of alkyl halides is 2. The molecule has 0 aromatic heterocycles. The first kappa shape index (κ1) is 23.0. The van der Waals surface area contributed by atoms with Gasteiger partial charge >= 0.3 is 11.7 Å². The Morgan fingerprint density at radius 3 is 2.26 bits per heavy atom. The minimum atomic E-state index is -4.67. The second-order valence-corrected chi connectivity index (χ2v) is 8.25. The Morgan fingerprint density at radius 1 is 1.19 bits per heavy atom. The molecule has 152 valence electrons. The van der Waals surface area contributed by atoms with Crippen molar-refractivity contribution < 1.29 is 31.5 Å². The van der Waals surface area contributed by atoms with E-state index in [1.165, 1.54) is 19.2 Å². The Kier molecular flexibility index (Phi) is 8.77. The van der Waals surface area contributed by atoms with Crippen LogP contribution in [0.4, 0.5) is 14.5 Å². The van der Waals surface area contributed by atoms with Crippen LogP contribution in [0, 0.1) is 5.92 Å². The number of rotatable bonds is 10. The van der Waals surface area contributed by atoms with Gasteiger partial charge in [-0.2, -0.15) is 8.78 Å². The van der Waals surface area contributed by atoms with Crippen LogP contribution in [0.2, 0.25) is 0 Å². The van der Waals surface area contributed by atoms with E-state index in [4.69, 9.17) is 0 Å². The standard InChI is InChI=1S/C17H24F2N2O5S/c1-12(2)10-21(9-8-16(23)26-3)11-15(22)20-13-4-6-14(7-5-13)27(24,25)17(18)19/h4-7,12,17H,8-11H2,1-3H3,(H,20,22). The highest BCUT2D eigenvalue weighted by Crippen LogP contribution is 2.20. The summed E-state index contributed by atoms with van der Waals surface area (Å²) in [5, 5.41) is 2.58. The molecule has 1 N–H and O–H groups in total. The molecule has 0 spiro atoms. The zero-order chi connectivity index (χ0) is 20.6. The Bertz CT molecular complexity index is 736. The molecule has 0 saturated heterocycles. The van der Waals surface area contributed by atoms with Gasteiger partial charge in [0.25, 0.3) is 0 Å². The first-order chi connectivity index (χ1) is 12.6. The molecule has 0 radical (unpaired) electrons. The van der Waals surface area contributed by atoms with E-state index in [-0.39, 0.29) is 36.4 Å². The minimum Gasteiger partial charge on any atom is -0.469 e. The number of halogens is 2. The van der Waals surface area contributed by atoms with Gasteiger partial charge in [-0.15, -0.1) is 0 Å². The van der Waals surface area contributed by atoms with Crippen LogP contribution >= 0.6 is 0 Å². The summed E-state index contributed by atoms with van der Waals surface area (Å²) in [6.45, 7) is 4.92. The third-order valence-corrected chi connectivity index (χ3v) is 4.95. The lowest BCUT2D eigenvalue weighted by Crippen LogP contribution is -2.37. The van der Waals surface area contributed by atoms with E-state index in [0.717, 1.165) is 12.1 Å². The molecule has 0 bridgehead atoms. The second-order valence-electron chi connectivity index (χ2n) is 6.33. The summed E-state index contributed by atoms with van der Waals surface area (Å²) in [5.74, 6) is -3.98. The van der Waals surface area contributed by atoms with Crippen LogP contribution in [0.1, 0.15) is 20.3 Å². The SMILES string of the molecule is COC(=O)CCN(CC(=O)Nc1ccc(S(=O)(=O)C(F)F)cc1)CC(C)C. The Balaban J connectivity index is 2.71. The zero-order valence-corrected chi connectivity index (χ0v) is 16.3. The number of ether oxygens (including phenoxy) is 1. The van der Waals surface area contributed by atoms with E-state index in [2.05, 4.69) is 10.1 Å². The van der Waals surface area contributed by atoms with Crippen molar-refractivity contribution in [1.29, 1.82) is 0 Å². The number of carbonyl (C=O) groups excluding carboxylic acids is 2. The fourth-order valence-electron chi connectivity index (χ4n) is 2.34. The first-order valence-electron chi connectivity index (χ1n) is 8.27. The number of carbonyl (C=O) groups is 2. The van der Waals surface area contributed by atoms with Gasteiger partial charge in [0.2, 0.25) is 15.7 Å². The smallest absolute Gasteiger partial charge is 0.341 e. The highest BCUT2D eigenvalue weighted by Gasteiger charge is 2.26. The molecule has 1 aromatic carbocycles. The van der Waals surface area contributed by atoms with Crippen molar-refractivity contribution in [2.75, 3.05) is 32.1 Å². The van der Waals surface area contributed by atoms with E-state index in [1.54, 1.807) is 4.90 Å². The average Bonchev–Trinajstić information content (AvgIpc) is 2.59. The van der Waals surface area contributed by atoms with Crippen molar-refractivity contribution in [2.45, 2.75) is 30.9 Å². The highest BCUT2D eigenvalue weighted by molar-refractivity contribution is 7.91. The molecule has 0 saturated carbocycles. The van der Waals surface area contributed by atoms with Gasteiger partial charge in [-0.05, 0) is 30.2 Å². The van der Waals surface area contributed by atoms with Crippen LogP contribution in [0.25, 0.3) is 0 Å². The molecular weight excluding hydrogens is 382 g/mol. The molecule has 7 nitrogen and oxygen atoms in total. The molecule has 0 aliphatic carbocycles. The summed E-state index contributed by atoms with van der Waals surface area (Å²) in [4.78, 5) is 24.8. The van der Waals surface area contributed by atoms with Gasteiger partial charge in [-0.1, -0.05) is 13.8 Å². The molecule has 1 rings (SSSR count). The normalized spacial score (nSPS) is 11.9. The summed E-state index contributed by atoms with van der Waals surface area (Å²) < 4.78 is 52.4. The molecule has 0 fully saturated rings. The lowest BCUT2D eigenvalue weighted by atomic mass is 10.2. The van der Waals surface area contributed by atoms with Gasteiger partial charge in [-0.3, -0.25) is 14.5 Å². The van der Waals surface area contributed by atoms with Crippen molar-refractivity contribution in [1.82, 2.24) is 4.90 Å². The van der Waals surface area contributed by atoms with E-state index >= 15 is 0 Å². The van der Waals surface area contributed by atoms with E-state index in [1.807, 2.05) is 13.8 Å². The summed E-state index contributed by atoms with van der Waals surface area (Å²) in [7, 11) is -3.38. The van der Waals surface area contributed by atoms with Crippen LogP contribution < -0.4 is 5.32 Å². The number of anilines is 1. The topological polar surface area (TPSA) is 92.8 Å². The Labute approximate surface area is 157 Å². The van der Waals surface area contributed by atoms with Gasteiger partial charge < -0.3 is 10.1 Å². The van der Waals surface area contributed by atoms with Crippen LogP contribution in [0.3, 0.4) is 0 Å². The van der Waals surface area contributed by atoms with E-state index in [9.17, 15) is 26.8 Å². The molecule has 1 amide bonds. The predicted molar refractivity (Wildman–Crippen MR) is 96.2 cm³/mol. The molecule has 10 heteroatoms. The lowest BCUT2D eigenvalue weighted by molar-refractivity contribution is -0.141. The fourth-order valence-corrected chi connectivity index (χ4v) is 3.06. The van der Waals surface area contributed by atoms with Crippen molar-refractivity contribution in [3.63, 3.8) is 0 Å². The van der Waals surface area contributed by atoms with Crippen LogP contribution in [0.5, 0.6) is 0 Å². The number of esters is 1. The first-order valence-corrected chi connectivity index (χ1v) is 9.82. The van der Waals surface area contributed by atoms with Gasteiger partial charge in [0.15, 0.2) is 0 Å². The summed E-state index contributed by atoms with van der Waals surface area (Å²) in [6.07, 6.45) is 0.149. The second kappa shape index (κ2) is 10.3. The van der Waals surface area contributed by atoms with E-state index < -0.39 is 20.5 Å². The maximum atomic E-state index is 12.5. The fraction of sp³-hybridized carbons (Fsp3) is 0.529. The minimum absolute atomic E-state index is 0.0201. The zero-order valence-electron chi connectivity index (χ0n) is 15.4. The molecule has 27 heavy (non-hydrogen) atoms. The van der Waals surface area contributed by atoms with Gasteiger partial charge in [-0.25, -0.2) is 8.42 Å². The number of amides is 1. The number of nitrogens with zero attached hydrogens (tertiary/aromatic N) is 1. The maximum absolute atomic E-state index is 12.5. The molecule has 0 heterocycles. The summed E-state index contributed by atoms with van der Waals surface area (Å²) >= 11 is 0. The number of hydrogen-bond donors (Lipinski definition) is 1. The third-order valence-electron chi connectivity index (χ3n) is 3.55. The van der Waals surface area contributed by atoms with Crippen molar-refractivity contribution in [3.8, 4) is 0 Å². The van der Waals surface area contributed by atoms with Gasteiger partial charge in [0.05, 0.1) is 25.0 Å². The average molecular weight is 406 g/mol. The van der Waals surface area contributed by atoms with Crippen molar-refractivity contribution in [3.05, 3.63) is 24.3 Å². The number of nitrogens with one attached hydrogen (secondary N) is 1. The maximum Gasteiger partial charge on any atom is 0.341 e. The highest BCUT2D eigenvalue weighted by atomic mass is 32.2. The number of benzene rings is 1. The number of sulfone groups is 1. The summed E-state index contributed by atoms with van der Waals surface area (Å²) in [6, 6.07) is 4.52. The van der Waals surface area contributed by atoms with Crippen LogP contribution in [0.15, 0.2) is 29.2 Å². The van der Waals surface area contributed by atoms with Gasteiger partial charge in [0.1, 0.15) is 0 Å². The monoisotopic (exact) mass is 406 g/mol. The van der Waals surface area contributed by atoms with Crippen molar-refractivity contribution in [2.24, 2.45) is 5.92 Å². The van der Waals surface area contributed by atoms with Crippen LogP contribution in [-0.4, -0.2) is 57.7 Å². The van der Waals surface area contributed by atoms with Crippen LogP contribution in [-0.2, 0) is 24.2 Å². The molecular formula is C17H24F2N2O5S. The number of hydrogen-bond acceptors (Lipinski definition) is 6. The molecule has 0 aliphatic heterocycles. The third kappa shape index (κ3) is 7.59. The number of methoxy groups -OCH3 is 1. The summed E-state index contributed by atoms with van der Waals surface area (Å²) in [5.41, 5.74) is 0.283. The predicted octanol–water partition coefficient (Wildman–Crippen LogP) is 2.14. The van der Waals surface area contributed by atoms with Gasteiger partial charge in [0, 0.05) is 18.8 Å².